The molecule has 1 N–H and O–H groups in total. The predicted molar refractivity (Wildman–Crippen MR) is 115 cm³/mol. The molecule has 0 fully saturated rings. The summed E-state index contributed by atoms with van der Waals surface area (Å²) in [5.41, 5.74) is 0.220. The van der Waals surface area contributed by atoms with Gasteiger partial charge in [0.15, 0.2) is 0 Å². The third-order valence-corrected chi connectivity index (χ3v) is 6.40. The SMILES string of the molecule is CCC(c1ccccc1)C(C(=O)OCC=C(F)F)C(C(=O)[O-])C(C(=O)[O-])C(C(=O)[O-])C(C(=O)[O-])C(C)C(=O)O.[Na+].[Na+].[Na+].[Na+]. The van der Waals surface area contributed by atoms with Gasteiger partial charge in [0.1, 0.15) is 6.61 Å². The summed E-state index contributed by atoms with van der Waals surface area (Å²) >= 11 is 0. The summed E-state index contributed by atoms with van der Waals surface area (Å²) in [5.74, 6) is -30.0. The summed E-state index contributed by atoms with van der Waals surface area (Å²) in [7, 11) is 0. The molecule has 7 unspecified atom stereocenters. The normalized spacial score (nSPS) is 14.8. The Kier molecular flexibility index (Phi) is 27.5. The van der Waals surface area contributed by atoms with Gasteiger partial charge in [-0.25, -0.2) is 0 Å². The Labute approximate surface area is 334 Å². The smallest absolute Gasteiger partial charge is 0.550 e. The maximum Gasteiger partial charge on any atom is 1.00 e. The number of hydrogen-bond donors (Lipinski definition) is 1. The molecule has 0 amide bonds. The number of carbonyl (C=O) groups is 6. The molecule has 0 bridgehead atoms. The van der Waals surface area contributed by atoms with Crippen molar-refractivity contribution in [3.8, 4) is 0 Å². The number of hydrogen-bond acceptors (Lipinski definition) is 11. The second-order valence-electron chi connectivity index (χ2n) is 8.58. The van der Waals surface area contributed by atoms with E-state index in [0.717, 1.165) is 0 Å². The topological polar surface area (TPSA) is 224 Å². The average Bonchev–Trinajstić information content (AvgIpc) is 2.84. The molecular weight excluding hydrogens is 622 g/mol. The molecule has 0 aliphatic heterocycles. The van der Waals surface area contributed by atoms with Gasteiger partial charge in [0.05, 0.1) is 11.8 Å². The van der Waals surface area contributed by atoms with Crippen molar-refractivity contribution in [3.63, 3.8) is 0 Å². The Balaban J connectivity index is -0.00000190. The van der Waals surface area contributed by atoms with Crippen LogP contribution in [0.1, 0.15) is 31.7 Å². The van der Waals surface area contributed by atoms with Crippen molar-refractivity contribution in [2.75, 3.05) is 6.61 Å². The first-order valence-corrected chi connectivity index (χ1v) is 11.5. The number of carboxylic acids is 5. The van der Waals surface area contributed by atoms with Crippen molar-refractivity contribution in [2.45, 2.75) is 26.2 Å². The molecule has 12 nitrogen and oxygen atoms in total. The first-order chi connectivity index (χ1) is 18.2. The number of rotatable bonds is 16. The van der Waals surface area contributed by atoms with Gasteiger partial charge in [0.25, 0.3) is 6.08 Å². The van der Waals surface area contributed by atoms with Crippen LogP contribution in [0.3, 0.4) is 0 Å². The molecule has 0 radical (unpaired) electrons. The molecule has 0 aliphatic carbocycles. The van der Waals surface area contributed by atoms with Gasteiger partial charge < -0.3 is 49.4 Å². The van der Waals surface area contributed by atoms with Crippen LogP contribution >= 0.6 is 0 Å². The Morgan fingerprint density at radius 1 is 0.767 bits per heavy atom. The van der Waals surface area contributed by atoms with Gasteiger partial charge in [-0.05, 0) is 17.9 Å². The molecule has 0 saturated carbocycles. The van der Waals surface area contributed by atoms with E-state index in [9.17, 15) is 63.1 Å². The first kappa shape index (κ1) is 49.5. The van der Waals surface area contributed by atoms with E-state index in [1.165, 1.54) is 31.2 Å². The zero-order valence-corrected chi connectivity index (χ0v) is 32.6. The van der Waals surface area contributed by atoms with E-state index in [0.29, 0.717) is 6.92 Å². The van der Waals surface area contributed by atoms with E-state index in [2.05, 4.69) is 0 Å². The largest absolute Gasteiger partial charge is 1.00 e. The molecule has 0 aromatic heterocycles. The summed E-state index contributed by atoms with van der Waals surface area (Å²) in [6.07, 6.45) is -2.24. The molecule has 0 spiro atoms. The Morgan fingerprint density at radius 2 is 1.16 bits per heavy atom. The van der Waals surface area contributed by atoms with Gasteiger partial charge in [-0.1, -0.05) is 44.2 Å². The van der Waals surface area contributed by atoms with Crippen molar-refractivity contribution < 1.29 is 186 Å². The van der Waals surface area contributed by atoms with Gasteiger partial charge in [-0.15, -0.1) is 0 Å². The standard InChI is InChI=1S/C25H28F2O12.4Na/c1-3-13(12-7-5-4-6-8-12)16(25(38)39-10-9-14(26)27)18(23(34)35)19(24(36)37)17(22(32)33)15(21(30)31)11(2)20(28)29;;;;/h4-9,11,13,15-19H,3,10H2,1-2H3,(H,28,29)(H,30,31)(H,32,33)(H,34,35)(H,36,37);;;;/q;4*+1/p-4. The van der Waals surface area contributed by atoms with Crippen LogP contribution in [0, 0.1) is 35.5 Å². The van der Waals surface area contributed by atoms with Crippen molar-refractivity contribution in [2.24, 2.45) is 35.5 Å². The number of carbonyl (C=O) groups excluding carboxylic acids is 5. The summed E-state index contributed by atoms with van der Waals surface area (Å²) < 4.78 is 29.7. The summed E-state index contributed by atoms with van der Waals surface area (Å²) in [4.78, 5) is 73.2. The van der Waals surface area contributed by atoms with Crippen molar-refractivity contribution in [1.82, 2.24) is 0 Å². The average molecular weight is 646 g/mol. The summed E-state index contributed by atoms with van der Waals surface area (Å²) in [5, 5.41) is 57.9. The van der Waals surface area contributed by atoms with Crippen molar-refractivity contribution in [1.29, 1.82) is 0 Å². The number of halogens is 2. The fourth-order valence-electron chi connectivity index (χ4n) is 4.61. The van der Waals surface area contributed by atoms with Gasteiger partial charge >= 0.3 is 130 Å². The zero-order chi connectivity index (χ0) is 30.0. The fraction of sp³-hybridized carbons (Fsp3) is 0.440. The third-order valence-electron chi connectivity index (χ3n) is 6.40. The number of benzene rings is 1. The second kappa shape index (κ2) is 23.9. The molecular formula is C25H24F2Na4O12. The van der Waals surface area contributed by atoms with Crippen LogP contribution in [0.25, 0.3) is 0 Å². The Bertz CT molecular complexity index is 1120. The Morgan fingerprint density at radius 3 is 1.51 bits per heavy atom. The maximum atomic E-state index is 13.1. The molecule has 0 heterocycles. The number of carboxylic acid groups (broad SMARTS) is 5. The van der Waals surface area contributed by atoms with E-state index in [1.54, 1.807) is 6.07 Å². The quantitative estimate of drug-likeness (QED) is 0.131. The molecule has 0 saturated heterocycles. The first-order valence-electron chi connectivity index (χ1n) is 11.5. The number of aliphatic carboxylic acids is 5. The summed E-state index contributed by atoms with van der Waals surface area (Å²) in [6, 6.07) is 7.29. The van der Waals surface area contributed by atoms with Gasteiger partial charge in [-0.2, -0.15) is 8.78 Å². The maximum absolute atomic E-state index is 13.1. The van der Waals surface area contributed by atoms with E-state index in [-0.39, 0.29) is 136 Å². The number of esters is 1. The van der Waals surface area contributed by atoms with Gasteiger partial charge in [0.2, 0.25) is 0 Å². The van der Waals surface area contributed by atoms with E-state index in [4.69, 9.17) is 4.74 Å². The molecule has 1 rings (SSSR count). The molecule has 0 aliphatic rings. The minimum Gasteiger partial charge on any atom is -0.550 e. The Hall–Kier alpha value is -0.360. The molecule has 18 heteroatoms. The predicted octanol–water partition coefficient (Wildman–Crippen LogP) is -14.7. The second-order valence-corrected chi connectivity index (χ2v) is 8.58. The monoisotopic (exact) mass is 646 g/mol. The van der Waals surface area contributed by atoms with E-state index < -0.39 is 89.9 Å². The molecule has 1 aromatic rings. The van der Waals surface area contributed by atoms with E-state index in [1.807, 2.05) is 0 Å². The van der Waals surface area contributed by atoms with Gasteiger partial charge in [-0.3, -0.25) is 9.59 Å². The van der Waals surface area contributed by atoms with Crippen LogP contribution in [0.4, 0.5) is 8.78 Å². The molecule has 43 heavy (non-hydrogen) atoms. The van der Waals surface area contributed by atoms with Crippen LogP contribution < -0.4 is 139 Å². The van der Waals surface area contributed by atoms with Gasteiger partial charge in [0, 0.05) is 53.6 Å². The minimum atomic E-state index is -2.94. The van der Waals surface area contributed by atoms with Crippen LogP contribution in [0.2, 0.25) is 0 Å². The van der Waals surface area contributed by atoms with Crippen molar-refractivity contribution in [3.05, 3.63) is 48.1 Å². The molecule has 214 valence electrons. The van der Waals surface area contributed by atoms with Crippen LogP contribution in [-0.4, -0.2) is 47.5 Å². The van der Waals surface area contributed by atoms with Crippen molar-refractivity contribution >= 4 is 35.8 Å². The summed E-state index contributed by atoms with van der Waals surface area (Å²) in [6.45, 7) is 1.06. The third kappa shape index (κ3) is 14.3. The fourth-order valence-corrected chi connectivity index (χ4v) is 4.61. The molecule has 7 atom stereocenters. The van der Waals surface area contributed by atoms with E-state index >= 15 is 0 Å². The van der Waals surface area contributed by atoms with Crippen LogP contribution in [0.15, 0.2) is 42.5 Å². The minimum absolute atomic E-state index is 0. The van der Waals surface area contributed by atoms with Crippen LogP contribution in [-0.2, 0) is 33.5 Å². The zero-order valence-electron chi connectivity index (χ0n) is 24.6. The van der Waals surface area contributed by atoms with Crippen LogP contribution in [0.5, 0.6) is 0 Å². The number of ether oxygens (including phenoxy) is 1. The molecule has 1 aromatic carbocycles.